The zero-order valence-electron chi connectivity index (χ0n) is 11.4. The van der Waals surface area contributed by atoms with Crippen LogP contribution in [-0.2, 0) is 23.6 Å². The molecule has 7 heteroatoms. The van der Waals surface area contributed by atoms with Crippen LogP contribution in [0.5, 0.6) is 0 Å². The molecule has 0 aliphatic heterocycles. The predicted octanol–water partition coefficient (Wildman–Crippen LogP) is 0.918. The largest absolute Gasteiger partial charge is 0.337 e. The van der Waals surface area contributed by atoms with Crippen molar-refractivity contribution in [1.29, 1.82) is 0 Å². The number of nitrogens with zero attached hydrogens (tertiary/aromatic N) is 2. The molecule has 0 amide bonds. The van der Waals surface area contributed by atoms with Gasteiger partial charge in [0.2, 0.25) is 10.0 Å². The molecule has 20 heavy (non-hydrogen) atoms. The molecule has 0 aliphatic rings. The number of benzene rings is 1. The van der Waals surface area contributed by atoms with Crippen LogP contribution >= 0.6 is 0 Å². The molecule has 0 saturated heterocycles. The Morgan fingerprint density at radius 1 is 1.35 bits per heavy atom. The number of nitrogens with two attached hydrogens (primary N) is 1. The Kier molecular flexibility index (Phi) is 4.22. The van der Waals surface area contributed by atoms with E-state index >= 15 is 0 Å². The van der Waals surface area contributed by atoms with E-state index in [0.717, 1.165) is 5.56 Å². The third-order valence-electron chi connectivity index (χ3n) is 3.06. The highest BCUT2D eigenvalue weighted by Crippen LogP contribution is 2.14. The predicted molar refractivity (Wildman–Crippen MR) is 76.3 cm³/mol. The van der Waals surface area contributed by atoms with Crippen LogP contribution in [0.4, 0.5) is 0 Å². The molecule has 0 radical (unpaired) electrons. The van der Waals surface area contributed by atoms with Crippen molar-refractivity contribution in [2.75, 3.05) is 0 Å². The van der Waals surface area contributed by atoms with E-state index in [-0.39, 0.29) is 17.5 Å². The molecular formula is C13H18N4O2S. The summed E-state index contributed by atoms with van der Waals surface area (Å²) in [7, 11) is -1.73. The van der Waals surface area contributed by atoms with Gasteiger partial charge in [0.1, 0.15) is 5.82 Å². The van der Waals surface area contributed by atoms with Crippen molar-refractivity contribution in [3.63, 3.8) is 0 Å². The molecule has 1 heterocycles. The van der Waals surface area contributed by atoms with Crippen LogP contribution in [0.15, 0.2) is 41.6 Å². The Morgan fingerprint density at radius 2 is 2.00 bits per heavy atom. The van der Waals surface area contributed by atoms with Crippen LogP contribution < -0.4 is 10.5 Å². The molecule has 0 saturated carbocycles. The molecule has 1 atom stereocenters. The Morgan fingerprint density at radius 3 is 2.50 bits per heavy atom. The van der Waals surface area contributed by atoms with Crippen LogP contribution in [0, 0.1) is 0 Å². The summed E-state index contributed by atoms with van der Waals surface area (Å²) >= 11 is 0. The second-order valence-corrected chi connectivity index (χ2v) is 6.40. The summed E-state index contributed by atoms with van der Waals surface area (Å²) in [5, 5.41) is 0. The van der Waals surface area contributed by atoms with Gasteiger partial charge in [-0.1, -0.05) is 12.1 Å². The second-order valence-electron chi connectivity index (χ2n) is 4.64. The molecule has 1 aromatic carbocycles. The van der Waals surface area contributed by atoms with Gasteiger partial charge in [0.15, 0.2) is 0 Å². The molecule has 0 aliphatic carbocycles. The van der Waals surface area contributed by atoms with Crippen molar-refractivity contribution >= 4 is 10.0 Å². The lowest BCUT2D eigenvalue weighted by Gasteiger charge is -2.09. The highest BCUT2D eigenvalue weighted by atomic mass is 32.2. The Bertz CT molecular complexity index is 675. The first-order valence-electron chi connectivity index (χ1n) is 6.21. The minimum Gasteiger partial charge on any atom is -0.337 e. The molecule has 6 nitrogen and oxygen atoms in total. The van der Waals surface area contributed by atoms with Crippen molar-refractivity contribution in [3.8, 4) is 0 Å². The van der Waals surface area contributed by atoms with E-state index < -0.39 is 10.0 Å². The van der Waals surface area contributed by atoms with Gasteiger partial charge in [0.05, 0.1) is 11.4 Å². The number of hydrogen-bond donors (Lipinski definition) is 2. The van der Waals surface area contributed by atoms with E-state index in [1.165, 1.54) is 0 Å². The van der Waals surface area contributed by atoms with Crippen molar-refractivity contribution < 1.29 is 8.42 Å². The Hall–Kier alpha value is -1.70. The number of rotatable bonds is 5. The zero-order valence-corrected chi connectivity index (χ0v) is 12.3. The Labute approximate surface area is 118 Å². The molecule has 0 spiro atoms. The van der Waals surface area contributed by atoms with E-state index in [0.29, 0.717) is 5.82 Å². The van der Waals surface area contributed by atoms with Crippen molar-refractivity contribution in [2.45, 2.75) is 24.4 Å². The first-order valence-corrected chi connectivity index (χ1v) is 7.70. The summed E-state index contributed by atoms with van der Waals surface area (Å²) in [6.07, 6.45) is 3.39. The normalized spacial score (nSPS) is 13.3. The number of hydrogen-bond acceptors (Lipinski definition) is 4. The first-order chi connectivity index (χ1) is 9.40. The van der Waals surface area contributed by atoms with Gasteiger partial charge in [-0.2, -0.15) is 0 Å². The molecule has 0 fully saturated rings. The van der Waals surface area contributed by atoms with Gasteiger partial charge in [-0.15, -0.1) is 0 Å². The number of aryl methyl sites for hydroxylation is 1. The summed E-state index contributed by atoms with van der Waals surface area (Å²) < 4.78 is 28.6. The topological polar surface area (TPSA) is 90.0 Å². The van der Waals surface area contributed by atoms with Crippen molar-refractivity contribution in [1.82, 2.24) is 14.3 Å². The highest BCUT2D eigenvalue weighted by molar-refractivity contribution is 7.89. The van der Waals surface area contributed by atoms with Gasteiger partial charge >= 0.3 is 0 Å². The lowest BCUT2D eigenvalue weighted by molar-refractivity contribution is 0.577. The maximum Gasteiger partial charge on any atom is 0.240 e. The average Bonchev–Trinajstić information content (AvgIpc) is 2.82. The fourth-order valence-electron chi connectivity index (χ4n) is 1.76. The summed E-state index contributed by atoms with van der Waals surface area (Å²) in [5.74, 6) is 0.653. The van der Waals surface area contributed by atoms with Gasteiger partial charge < -0.3 is 10.3 Å². The summed E-state index contributed by atoms with van der Waals surface area (Å²) in [6.45, 7) is 2.00. The van der Waals surface area contributed by atoms with E-state index in [1.807, 2.05) is 14.0 Å². The van der Waals surface area contributed by atoms with Crippen molar-refractivity contribution in [3.05, 3.63) is 48.0 Å². The Balaban J connectivity index is 2.12. The summed E-state index contributed by atoms with van der Waals surface area (Å²) in [4.78, 5) is 4.29. The lowest BCUT2D eigenvalue weighted by atomic mass is 10.1. The van der Waals surface area contributed by atoms with Crippen LogP contribution in [0.3, 0.4) is 0 Å². The van der Waals surface area contributed by atoms with Gasteiger partial charge in [-0.05, 0) is 24.6 Å². The first kappa shape index (κ1) is 14.7. The smallest absolute Gasteiger partial charge is 0.240 e. The molecule has 108 valence electrons. The number of nitrogens with one attached hydrogen (secondary N) is 1. The van der Waals surface area contributed by atoms with Crippen molar-refractivity contribution in [2.24, 2.45) is 12.8 Å². The summed E-state index contributed by atoms with van der Waals surface area (Å²) in [5.41, 5.74) is 6.63. The molecule has 0 bridgehead atoms. The zero-order chi connectivity index (χ0) is 14.8. The number of aromatic nitrogens is 2. The quantitative estimate of drug-likeness (QED) is 0.858. The third-order valence-corrected chi connectivity index (χ3v) is 4.47. The van der Waals surface area contributed by atoms with E-state index in [4.69, 9.17) is 5.73 Å². The van der Waals surface area contributed by atoms with Crippen LogP contribution in [0.25, 0.3) is 0 Å². The average molecular weight is 294 g/mol. The van der Waals surface area contributed by atoms with Gasteiger partial charge in [0.25, 0.3) is 0 Å². The van der Waals surface area contributed by atoms with E-state index in [9.17, 15) is 8.42 Å². The maximum atomic E-state index is 12.1. The molecule has 2 aromatic rings. The van der Waals surface area contributed by atoms with Gasteiger partial charge in [0, 0.05) is 25.5 Å². The van der Waals surface area contributed by atoms with E-state index in [1.54, 1.807) is 41.2 Å². The fourth-order valence-corrected chi connectivity index (χ4v) is 2.74. The van der Waals surface area contributed by atoms with Crippen LogP contribution in [0.1, 0.15) is 24.4 Å². The maximum absolute atomic E-state index is 12.1. The van der Waals surface area contributed by atoms with Crippen LogP contribution in [-0.4, -0.2) is 18.0 Å². The minimum absolute atomic E-state index is 0.118. The highest BCUT2D eigenvalue weighted by Gasteiger charge is 2.14. The number of imidazole rings is 1. The lowest BCUT2D eigenvalue weighted by Crippen LogP contribution is -2.24. The molecular weight excluding hydrogens is 276 g/mol. The second kappa shape index (κ2) is 5.74. The molecule has 1 aromatic heterocycles. The summed E-state index contributed by atoms with van der Waals surface area (Å²) in [6, 6.07) is 6.44. The molecule has 2 rings (SSSR count). The standard InChI is InChI=1S/C13H18N4O2S/c1-10(14)11-3-5-12(6-4-11)20(18,19)16-9-13-15-7-8-17(13)2/h3-8,10,16H,9,14H2,1-2H3. The fraction of sp³-hybridized carbons (Fsp3) is 0.308. The number of sulfonamides is 1. The van der Waals surface area contributed by atoms with Crippen LogP contribution in [0.2, 0.25) is 0 Å². The van der Waals surface area contributed by atoms with Gasteiger partial charge in [-0.3, -0.25) is 0 Å². The van der Waals surface area contributed by atoms with E-state index in [2.05, 4.69) is 9.71 Å². The molecule has 1 unspecified atom stereocenters. The third kappa shape index (κ3) is 3.24. The molecule has 3 N–H and O–H groups in total. The van der Waals surface area contributed by atoms with Gasteiger partial charge in [-0.25, -0.2) is 18.1 Å². The minimum atomic E-state index is -3.54. The monoisotopic (exact) mass is 294 g/mol. The SMILES string of the molecule is CC(N)c1ccc(S(=O)(=O)NCc2nccn2C)cc1.